The Kier molecular flexibility index (Phi) is 3.13. The van der Waals surface area contributed by atoms with Crippen molar-refractivity contribution in [3.8, 4) is 0 Å². The fourth-order valence-electron chi connectivity index (χ4n) is 0.979. The van der Waals surface area contributed by atoms with Crippen molar-refractivity contribution in [2.75, 3.05) is 12.8 Å². The number of nitrogen functional groups attached to an aromatic ring is 1. The molecule has 0 aromatic carbocycles. The van der Waals surface area contributed by atoms with E-state index in [1.807, 2.05) is 0 Å². The van der Waals surface area contributed by atoms with Crippen LogP contribution in [0.3, 0.4) is 0 Å². The molecular weight excluding hydrogens is 213 g/mol. The molecule has 0 unspecified atom stereocenters. The van der Waals surface area contributed by atoms with Gasteiger partial charge in [0.05, 0.1) is 19.0 Å². The van der Waals surface area contributed by atoms with Crippen LogP contribution in [0.1, 0.15) is 22.5 Å². The van der Waals surface area contributed by atoms with Gasteiger partial charge in [-0.1, -0.05) is 0 Å². The van der Waals surface area contributed by atoms with Gasteiger partial charge in [-0.15, -0.1) is 0 Å². The molecule has 82 valence electrons. The lowest BCUT2D eigenvalue weighted by molar-refractivity contribution is 0.0581. The quantitative estimate of drug-likeness (QED) is 0.767. The number of carbonyl (C=O) groups excluding carboxylic acids is 1. The molecule has 0 radical (unpaired) electrons. The Morgan fingerprint density at radius 3 is 2.67 bits per heavy atom. The summed E-state index contributed by atoms with van der Waals surface area (Å²) in [5.74, 6) is -2.48. The van der Waals surface area contributed by atoms with Gasteiger partial charge in [0.2, 0.25) is 0 Å². The fraction of sp³-hybridized carbons (Fsp3) is 0.250. The van der Waals surface area contributed by atoms with Gasteiger partial charge in [-0.05, 0) is 0 Å². The SMILES string of the molecule is COC(=O)c1c(C(F)F)ncc(N)c1F. The number of aromatic nitrogens is 1. The number of methoxy groups -OCH3 is 1. The van der Waals surface area contributed by atoms with E-state index in [0.29, 0.717) is 0 Å². The maximum absolute atomic E-state index is 13.3. The second-order valence-corrected chi connectivity index (χ2v) is 2.58. The van der Waals surface area contributed by atoms with Crippen molar-refractivity contribution < 1.29 is 22.7 Å². The van der Waals surface area contributed by atoms with E-state index in [-0.39, 0.29) is 0 Å². The van der Waals surface area contributed by atoms with Gasteiger partial charge >= 0.3 is 5.97 Å². The predicted octanol–water partition coefficient (Wildman–Crippen LogP) is 1.53. The maximum atomic E-state index is 13.3. The summed E-state index contributed by atoms with van der Waals surface area (Å²) in [6.07, 6.45) is -2.35. The van der Waals surface area contributed by atoms with Crippen molar-refractivity contribution in [3.63, 3.8) is 0 Å². The van der Waals surface area contributed by atoms with Crippen molar-refractivity contribution >= 4 is 11.7 Å². The Hall–Kier alpha value is -1.79. The summed E-state index contributed by atoms with van der Waals surface area (Å²) in [7, 11) is 0.945. The molecule has 0 aliphatic rings. The molecule has 0 bridgehead atoms. The highest BCUT2D eigenvalue weighted by molar-refractivity contribution is 5.92. The van der Waals surface area contributed by atoms with E-state index in [4.69, 9.17) is 5.73 Å². The highest BCUT2D eigenvalue weighted by atomic mass is 19.3. The summed E-state index contributed by atoms with van der Waals surface area (Å²) >= 11 is 0. The van der Waals surface area contributed by atoms with Crippen LogP contribution in [0, 0.1) is 5.82 Å². The molecule has 7 heteroatoms. The molecule has 4 nitrogen and oxygen atoms in total. The van der Waals surface area contributed by atoms with E-state index in [2.05, 4.69) is 9.72 Å². The van der Waals surface area contributed by atoms with Crippen LogP contribution in [0.4, 0.5) is 18.9 Å². The smallest absolute Gasteiger partial charge is 0.343 e. The van der Waals surface area contributed by atoms with Gasteiger partial charge in [0.1, 0.15) is 11.3 Å². The molecule has 2 N–H and O–H groups in total. The average Bonchev–Trinajstić information content (AvgIpc) is 2.20. The van der Waals surface area contributed by atoms with E-state index in [0.717, 1.165) is 13.3 Å². The van der Waals surface area contributed by atoms with Crippen LogP contribution in [0.2, 0.25) is 0 Å². The first-order chi connectivity index (χ1) is 6.99. The molecule has 1 rings (SSSR count). The molecule has 0 spiro atoms. The average molecular weight is 220 g/mol. The summed E-state index contributed by atoms with van der Waals surface area (Å²) < 4.78 is 42.1. The minimum atomic E-state index is -3.07. The lowest BCUT2D eigenvalue weighted by Crippen LogP contribution is -2.13. The van der Waals surface area contributed by atoms with Crippen molar-refractivity contribution in [1.82, 2.24) is 4.98 Å². The normalized spacial score (nSPS) is 10.5. The highest BCUT2D eigenvalue weighted by Gasteiger charge is 2.26. The molecule has 0 aliphatic heterocycles. The molecule has 0 saturated heterocycles. The second kappa shape index (κ2) is 4.16. The minimum Gasteiger partial charge on any atom is -0.465 e. The van der Waals surface area contributed by atoms with Crippen molar-refractivity contribution in [3.05, 3.63) is 23.3 Å². The lowest BCUT2D eigenvalue weighted by Gasteiger charge is -2.08. The number of rotatable bonds is 2. The number of esters is 1. The Labute approximate surface area is 82.9 Å². The van der Waals surface area contributed by atoms with Gasteiger partial charge in [-0.2, -0.15) is 0 Å². The van der Waals surface area contributed by atoms with Gasteiger partial charge in [-0.25, -0.2) is 18.0 Å². The van der Waals surface area contributed by atoms with Crippen molar-refractivity contribution in [2.45, 2.75) is 6.43 Å². The van der Waals surface area contributed by atoms with Crippen LogP contribution in [-0.2, 0) is 4.74 Å². The zero-order chi connectivity index (χ0) is 11.6. The van der Waals surface area contributed by atoms with Crippen LogP contribution in [0.5, 0.6) is 0 Å². The Morgan fingerprint density at radius 1 is 1.60 bits per heavy atom. The fourth-order valence-corrected chi connectivity index (χ4v) is 0.979. The minimum absolute atomic E-state index is 0.486. The summed E-state index contributed by atoms with van der Waals surface area (Å²) in [6.45, 7) is 0. The molecule has 0 saturated carbocycles. The van der Waals surface area contributed by atoms with Crippen molar-refractivity contribution in [2.24, 2.45) is 0 Å². The standard InChI is InChI=1S/C8H7F3N2O2/c1-15-8(14)4-5(9)3(12)2-13-6(4)7(10)11/h2,7H,12H2,1H3. The first-order valence-corrected chi connectivity index (χ1v) is 3.79. The molecule has 1 aromatic heterocycles. The number of hydrogen-bond acceptors (Lipinski definition) is 4. The summed E-state index contributed by atoms with van der Waals surface area (Å²) in [6, 6.07) is 0. The predicted molar refractivity (Wildman–Crippen MR) is 44.9 cm³/mol. The van der Waals surface area contributed by atoms with E-state index < -0.39 is 35.2 Å². The number of carbonyl (C=O) groups is 1. The molecule has 1 heterocycles. The van der Waals surface area contributed by atoms with Crippen molar-refractivity contribution in [1.29, 1.82) is 0 Å². The zero-order valence-electron chi connectivity index (χ0n) is 7.63. The van der Waals surface area contributed by atoms with Gasteiger partial charge in [-0.3, -0.25) is 4.98 Å². The van der Waals surface area contributed by atoms with E-state index >= 15 is 0 Å². The first-order valence-electron chi connectivity index (χ1n) is 3.79. The molecule has 15 heavy (non-hydrogen) atoms. The highest BCUT2D eigenvalue weighted by Crippen LogP contribution is 2.25. The third-order valence-electron chi connectivity index (χ3n) is 1.67. The summed E-state index contributed by atoms with van der Waals surface area (Å²) in [4.78, 5) is 14.2. The Bertz CT molecular complexity index is 396. The lowest BCUT2D eigenvalue weighted by atomic mass is 10.1. The van der Waals surface area contributed by atoms with Gasteiger partial charge in [0.25, 0.3) is 6.43 Å². The van der Waals surface area contributed by atoms with Crippen LogP contribution in [-0.4, -0.2) is 18.1 Å². The molecular formula is C8H7F3N2O2. The number of nitrogens with two attached hydrogens (primary N) is 1. The summed E-state index contributed by atoms with van der Waals surface area (Å²) in [5.41, 5.74) is 2.70. The van der Waals surface area contributed by atoms with Gasteiger partial charge in [0, 0.05) is 0 Å². The largest absolute Gasteiger partial charge is 0.465 e. The van der Waals surface area contributed by atoms with Crippen LogP contribution in [0.25, 0.3) is 0 Å². The Morgan fingerprint density at radius 2 is 2.20 bits per heavy atom. The van der Waals surface area contributed by atoms with E-state index in [1.165, 1.54) is 0 Å². The molecule has 0 aliphatic carbocycles. The first kappa shape index (κ1) is 11.3. The molecule has 0 fully saturated rings. The third kappa shape index (κ3) is 2.00. The van der Waals surface area contributed by atoms with Crippen LogP contribution < -0.4 is 5.73 Å². The molecule has 0 atom stereocenters. The number of anilines is 1. The summed E-state index contributed by atoms with van der Waals surface area (Å²) in [5, 5.41) is 0. The van der Waals surface area contributed by atoms with Gasteiger partial charge in [0.15, 0.2) is 5.82 Å². The monoisotopic (exact) mass is 220 g/mol. The number of nitrogens with zero attached hydrogens (tertiary/aromatic N) is 1. The number of pyridine rings is 1. The van der Waals surface area contributed by atoms with E-state index in [9.17, 15) is 18.0 Å². The number of alkyl halides is 2. The third-order valence-corrected chi connectivity index (χ3v) is 1.67. The molecule has 1 aromatic rings. The van der Waals surface area contributed by atoms with Gasteiger partial charge < -0.3 is 10.5 Å². The molecule has 0 amide bonds. The van der Waals surface area contributed by atoms with Crippen LogP contribution in [0.15, 0.2) is 6.20 Å². The van der Waals surface area contributed by atoms with Crippen LogP contribution >= 0.6 is 0 Å². The number of halogens is 3. The second-order valence-electron chi connectivity index (χ2n) is 2.58. The number of hydrogen-bond donors (Lipinski definition) is 1. The number of ether oxygens (including phenoxy) is 1. The zero-order valence-corrected chi connectivity index (χ0v) is 7.63. The van der Waals surface area contributed by atoms with E-state index in [1.54, 1.807) is 0 Å². The maximum Gasteiger partial charge on any atom is 0.343 e. The Balaban J connectivity index is 3.41. The topological polar surface area (TPSA) is 65.2 Å².